The average Bonchev–Trinajstić information content (AvgIpc) is 3.76. The number of hydrogen-bond donors (Lipinski definition) is 4. The van der Waals surface area contributed by atoms with Gasteiger partial charge in [-0.05, 0) is 105 Å². The number of aromatic nitrogens is 2. The molecule has 3 amide bonds. The van der Waals surface area contributed by atoms with E-state index in [1.807, 2.05) is 41.3 Å². The molecule has 4 atom stereocenters. The second-order valence-electron chi connectivity index (χ2n) is 17.2. The van der Waals surface area contributed by atoms with Gasteiger partial charge in [0.25, 0.3) is 5.91 Å². The second kappa shape index (κ2) is 22.8. The fraction of sp³-hybridized carbons (Fsp3) is 0.479. The molecule has 1 saturated carbocycles. The van der Waals surface area contributed by atoms with Crippen molar-refractivity contribution in [3.8, 4) is 0 Å². The summed E-state index contributed by atoms with van der Waals surface area (Å²) < 4.78 is 23.9. The van der Waals surface area contributed by atoms with Gasteiger partial charge in [0.2, 0.25) is 11.8 Å². The zero-order chi connectivity index (χ0) is 45.7. The average molecular weight is 958 g/mol. The molecule has 3 unspecified atom stereocenters. The molecule has 5 N–H and O–H groups in total. The number of anilines is 1. The number of fused-ring (bicyclic) bond motifs is 1. The van der Waals surface area contributed by atoms with Gasteiger partial charge in [0, 0.05) is 38.2 Å². The van der Waals surface area contributed by atoms with Crippen LogP contribution in [0.5, 0.6) is 0 Å². The van der Waals surface area contributed by atoms with Gasteiger partial charge in [0.1, 0.15) is 24.2 Å². The van der Waals surface area contributed by atoms with Crippen molar-refractivity contribution in [1.29, 1.82) is 0 Å². The molecule has 1 aromatic heterocycles. The largest absolute Gasteiger partial charge is 1.00 e. The number of amides is 3. The van der Waals surface area contributed by atoms with Crippen LogP contribution in [0.4, 0.5) is 10.1 Å². The molecule has 5 fully saturated rings. The number of imidazole rings is 1. The van der Waals surface area contributed by atoms with Crippen molar-refractivity contribution < 1.29 is 79.7 Å². The number of aryl methyl sites for hydroxylation is 1. The van der Waals surface area contributed by atoms with E-state index in [1.165, 1.54) is 17.7 Å². The first kappa shape index (κ1) is 51.3. The predicted molar refractivity (Wildman–Crippen MR) is 247 cm³/mol. The summed E-state index contributed by atoms with van der Waals surface area (Å²) in [7, 11) is 7.03. The van der Waals surface area contributed by atoms with Crippen LogP contribution in [0, 0.1) is 18.8 Å². The maximum absolute atomic E-state index is 15.1. The van der Waals surface area contributed by atoms with E-state index in [9.17, 15) is 24.0 Å². The molecule has 1 spiro atoms. The molecule has 5 aliphatic rings. The predicted octanol–water partition coefficient (Wildman–Crippen LogP) is 4.09. The van der Waals surface area contributed by atoms with Crippen LogP contribution in [0.25, 0.3) is 11.0 Å². The Bertz CT molecular complexity index is 2410. The minimum Gasteiger partial charge on any atom is -0.590 e. The minimum atomic E-state index is -0.680. The molecule has 13 nitrogen and oxygen atoms in total. The molecule has 5 heterocycles. The van der Waals surface area contributed by atoms with Crippen LogP contribution in [-0.4, -0.2) is 82.5 Å². The third kappa shape index (κ3) is 10.6. The van der Waals surface area contributed by atoms with Gasteiger partial charge in [-0.25, -0.2) is 9.18 Å². The number of rotatable bonds is 7. The van der Waals surface area contributed by atoms with Gasteiger partial charge >= 0.3 is 57.1 Å². The van der Waals surface area contributed by atoms with Gasteiger partial charge < -0.3 is 30.8 Å². The van der Waals surface area contributed by atoms with Crippen LogP contribution < -0.4 is 78.8 Å². The first-order valence-electron chi connectivity index (χ1n) is 22.3. The Morgan fingerprint density at radius 1 is 0.969 bits per heavy atom. The van der Waals surface area contributed by atoms with E-state index in [2.05, 4.69) is 28.7 Å². The van der Waals surface area contributed by atoms with Crippen LogP contribution in [0.2, 0.25) is 10.0 Å². The van der Waals surface area contributed by atoms with E-state index in [-0.39, 0.29) is 92.0 Å². The van der Waals surface area contributed by atoms with Crippen LogP contribution in [0.1, 0.15) is 112 Å². The Balaban J connectivity index is 0.000000206. The summed E-state index contributed by atoms with van der Waals surface area (Å²) >= 11 is 12.3. The summed E-state index contributed by atoms with van der Waals surface area (Å²) in [4.78, 5) is 63.7. The minimum absolute atomic E-state index is 0. The van der Waals surface area contributed by atoms with Crippen molar-refractivity contribution in [3.63, 3.8) is 0 Å². The second-order valence-corrected chi connectivity index (χ2v) is 18.1. The van der Waals surface area contributed by atoms with Crippen LogP contribution >= 0.6 is 23.2 Å². The van der Waals surface area contributed by atoms with Crippen molar-refractivity contribution in [1.82, 2.24) is 24.7 Å². The third-order valence-corrected chi connectivity index (χ3v) is 14.2. The van der Waals surface area contributed by atoms with E-state index in [0.717, 1.165) is 98.7 Å². The van der Waals surface area contributed by atoms with Gasteiger partial charge in [0.15, 0.2) is 0 Å². The number of halogens is 3. The summed E-state index contributed by atoms with van der Waals surface area (Å²) in [6, 6.07) is 15.3. The molecule has 0 bridgehead atoms. The normalized spacial score (nSPS) is 23.1. The Morgan fingerprint density at radius 3 is 2.37 bits per heavy atom. The van der Waals surface area contributed by atoms with Gasteiger partial charge in [-0.2, -0.15) is 11.6 Å². The topological polar surface area (TPSA) is 170 Å². The molecule has 0 radical (unpaired) electrons. The quantitative estimate of drug-likeness (QED) is 0.0924. The fourth-order valence-electron chi connectivity index (χ4n) is 10.5. The van der Waals surface area contributed by atoms with Crippen molar-refractivity contribution in [3.05, 3.63) is 111 Å². The Morgan fingerprint density at radius 2 is 1.71 bits per heavy atom. The van der Waals surface area contributed by atoms with E-state index in [4.69, 9.17) is 27.9 Å². The molecular weight excluding hydrogens is 900 g/mol. The number of nitrogens with two attached hydrogens (primary N) is 1. The Kier molecular flexibility index (Phi) is 18.0. The van der Waals surface area contributed by atoms with E-state index < -0.39 is 29.7 Å². The molecule has 4 aliphatic heterocycles. The molecule has 3 aromatic carbocycles. The monoisotopic (exact) mass is 956 g/mol. The van der Waals surface area contributed by atoms with E-state index >= 15 is 4.39 Å². The molecular formula is C48H58Cl2FKN7O6-. The molecule has 4 saturated heterocycles. The Labute approximate surface area is 432 Å². The van der Waals surface area contributed by atoms with Crippen LogP contribution in [0.15, 0.2) is 59.4 Å². The van der Waals surface area contributed by atoms with Crippen molar-refractivity contribution in [2.24, 2.45) is 12.8 Å². The maximum atomic E-state index is 15.1. The van der Waals surface area contributed by atoms with Crippen molar-refractivity contribution in [2.45, 2.75) is 113 Å². The van der Waals surface area contributed by atoms with Crippen LogP contribution in [-0.2, 0) is 31.0 Å². The summed E-state index contributed by atoms with van der Waals surface area (Å²) in [5, 5.41) is 9.53. The first-order valence-corrected chi connectivity index (χ1v) is 23.1. The number of nitrogens with zero attached hydrogens (tertiary/aromatic N) is 3. The number of likely N-dealkylation sites (tertiary alicyclic amines) is 1. The summed E-state index contributed by atoms with van der Waals surface area (Å²) in [5.74, 6) is -0.227. The van der Waals surface area contributed by atoms with Crippen molar-refractivity contribution >= 4 is 63.9 Å². The van der Waals surface area contributed by atoms with Gasteiger partial charge in [-0.3, -0.25) is 35.9 Å². The van der Waals surface area contributed by atoms with Gasteiger partial charge in [-0.1, -0.05) is 78.5 Å². The first-order chi connectivity index (χ1) is 30.9. The standard InChI is InChI=1S/C24H30N4O5.C23H23Cl2FN2O.CH5N.K/c1-26-19-14-16(15-9-11-27(12-10-15)23(31)20-4-2-3-13-33-20)5-6-17(19)28(24(26)32)18-7-8-21(29)25-22(18)30;1-27-18-12-14(24)8-9-15(18)21-20(16-6-5-7-17(25)22(16)26)19(13-29)28-23(21)10-3-2-4-11-23;1-2;/h5-6,14-15,18,20H,2-4,7-13H2,1H3,(H,25,29,30);5-9,12-13,19-20,27-28H,1-4,10-11H2;2H2,1H3;/q;-2;;+1/t;19?,20-;;/m.0../s1. The summed E-state index contributed by atoms with van der Waals surface area (Å²) in [5.41, 5.74) is 8.58. The molecule has 344 valence electrons. The number of imide groups is 1. The van der Waals surface area contributed by atoms with E-state index in [1.54, 1.807) is 23.7 Å². The third-order valence-electron chi connectivity index (χ3n) is 13.6. The summed E-state index contributed by atoms with van der Waals surface area (Å²) in [6.45, 7) is 2.08. The zero-order valence-corrected chi connectivity index (χ0v) is 42.1. The Hall–Kier alpha value is -3.09. The number of hydrogen-bond acceptors (Lipinski definition) is 9. The van der Waals surface area contributed by atoms with E-state index in [0.29, 0.717) is 48.1 Å². The number of aldehydes is 1. The smallest absolute Gasteiger partial charge is 0.590 e. The molecule has 17 heteroatoms. The molecule has 1 aliphatic carbocycles. The maximum Gasteiger partial charge on any atom is 1.00 e. The number of carbonyl (C=O) groups excluding carboxylic acids is 4. The van der Waals surface area contributed by atoms with Gasteiger partial charge in [-0.15, -0.1) is 5.92 Å². The van der Waals surface area contributed by atoms with Crippen LogP contribution in [0.3, 0.4) is 0 Å². The van der Waals surface area contributed by atoms with Crippen molar-refractivity contribution in [2.75, 3.05) is 32.1 Å². The van der Waals surface area contributed by atoms with Gasteiger partial charge in [0.05, 0.1) is 22.1 Å². The fourth-order valence-corrected chi connectivity index (χ4v) is 10.9. The number of piperidine rings is 2. The number of nitrogens with one attached hydrogen (secondary N) is 3. The number of benzene rings is 3. The number of carbonyl (C=O) groups is 4. The molecule has 65 heavy (non-hydrogen) atoms. The number of ether oxygens (including phenoxy) is 1. The molecule has 9 rings (SSSR count). The SMILES string of the molecule is CN.Cn1c(=O)n(C2CCC(=O)NC2=O)c2ccc(C3CCN(C(=O)C4CCCCO4)CC3)cc21.[CH2-]Nc1cc(Cl)ccc1[C-]1[C@@H](c2cccc(Cl)c2F)C(C=O)NC12CCCCC2.[K+]. The zero-order valence-electron chi connectivity index (χ0n) is 37.5. The summed E-state index contributed by atoms with van der Waals surface area (Å²) in [6.07, 6.45) is 10.8. The molecule has 4 aromatic rings.